The van der Waals surface area contributed by atoms with Crippen LogP contribution in [0.5, 0.6) is 0 Å². The molecule has 0 aliphatic carbocycles. The van der Waals surface area contributed by atoms with Crippen LogP contribution in [0.4, 0.5) is 0 Å². The van der Waals surface area contributed by atoms with Crippen molar-refractivity contribution in [1.82, 2.24) is 0 Å². The average Bonchev–Trinajstić information content (AvgIpc) is 3.51. The minimum atomic E-state index is -1.62. The van der Waals surface area contributed by atoms with Gasteiger partial charge in [0.05, 0.1) is 40.3 Å². The summed E-state index contributed by atoms with van der Waals surface area (Å²) in [5.41, 5.74) is 0. The third kappa shape index (κ3) is 67.3. The quantitative estimate of drug-likeness (QED) is 0.0195. The molecule has 0 heterocycles. The number of hydrogen-bond donors (Lipinski definition) is 0. The largest absolute Gasteiger partial charge is 0.545 e. The summed E-state index contributed by atoms with van der Waals surface area (Å²) in [6.07, 6.45) is 80.0. The Morgan fingerprint density at radius 1 is 0.357 bits per heavy atom. The van der Waals surface area contributed by atoms with Gasteiger partial charge in [-0.15, -0.1) is 0 Å². The van der Waals surface area contributed by atoms with Crippen molar-refractivity contribution in [3.05, 3.63) is 24.3 Å². The van der Waals surface area contributed by atoms with Gasteiger partial charge in [-0.25, -0.2) is 0 Å². The van der Waals surface area contributed by atoms with Crippen LogP contribution in [-0.2, 0) is 33.3 Å². The summed E-state index contributed by atoms with van der Waals surface area (Å²) in [5, 5.41) is 11.8. The molecular formula is C75H143NO8. The van der Waals surface area contributed by atoms with Gasteiger partial charge in [0.1, 0.15) is 13.2 Å². The average molecular weight is 1190 g/mol. The van der Waals surface area contributed by atoms with Gasteiger partial charge in [0.2, 0.25) is 0 Å². The predicted octanol–water partition coefficient (Wildman–Crippen LogP) is 21.6. The van der Waals surface area contributed by atoms with Crippen LogP contribution in [0.3, 0.4) is 0 Å². The topological polar surface area (TPSA) is 111 Å². The number of carbonyl (C=O) groups excluding carboxylic acids is 3. The van der Waals surface area contributed by atoms with Gasteiger partial charge in [-0.3, -0.25) is 9.59 Å². The van der Waals surface area contributed by atoms with E-state index in [9.17, 15) is 19.5 Å². The molecule has 0 aromatic rings. The molecule has 2 unspecified atom stereocenters. The lowest BCUT2D eigenvalue weighted by atomic mass is 10.0. The molecule has 0 rings (SSSR count). The Bertz CT molecular complexity index is 1430. The van der Waals surface area contributed by atoms with E-state index < -0.39 is 24.3 Å². The summed E-state index contributed by atoms with van der Waals surface area (Å²) in [6.45, 7) is 4.81. The first-order valence-corrected chi connectivity index (χ1v) is 37.0. The number of esters is 2. The molecule has 84 heavy (non-hydrogen) atoms. The van der Waals surface area contributed by atoms with Gasteiger partial charge in [0, 0.05) is 12.8 Å². The van der Waals surface area contributed by atoms with Crippen molar-refractivity contribution in [2.45, 2.75) is 392 Å². The van der Waals surface area contributed by atoms with E-state index in [0.717, 1.165) is 44.9 Å². The van der Waals surface area contributed by atoms with Gasteiger partial charge in [0.25, 0.3) is 0 Å². The Morgan fingerprint density at radius 2 is 0.643 bits per heavy atom. The highest BCUT2D eigenvalue weighted by Gasteiger charge is 2.22. The summed E-state index contributed by atoms with van der Waals surface area (Å²) in [5.74, 6) is -2.26. The number of allylic oxidation sites excluding steroid dienone is 4. The number of ether oxygens (including phenoxy) is 4. The normalized spacial score (nSPS) is 12.7. The van der Waals surface area contributed by atoms with Crippen LogP contribution in [-0.4, -0.2) is 82.3 Å². The molecule has 2 atom stereocenters. The zero-order valence-electron chi connectivity index (χ0n) is 56.8. The molecule has 9 nitrogen and oxygen atoms in total. The number of nitrogens with zero attached hydrogens (tertiary/aromatic N) is 1. The zero-order chi connectivity index (χ0) is 61.2. The molecule has 0 aliphatic rings. The predicted molar refractivity (Wildman–Crippen MR) is 357 cm³/mol. The van der Waals surface area contributed by atoms with Crippen molar-refractivity contribution >= 4 is 17.9 Å². The maximum absolute atomic E-state index is 12.9. The van der Waals surface area contributed by atoms with Crippen LogP contribution in [0.15, 0.2) is 24.3 Å². The van der Waals surface area contributed by atoms with Gasteiger partial charge in [-0.05, 0) is 44.9 Å². The number of carboxylic acid groups (broad SMARTS) is 1. The highest BCUT2D eigenvalue weighted by molar-refractivity contribution is 5.70. The van der Waals surface area contributed by atoms with E-state index in [1.807, 2.05) is 21.1 Å². The van der Waals surface area contributed by atoms with E-state index >= 15 is 0 Å². The molecule has 9 heteroatoms. The standard InChI is InChI=1S/C75H143NO8/c1-6-8-10-12-14-16-18-20-22-24-26-28-30-31-32-33-34-35-36-37-38-39-40-41-42-44-45-47-49-51-53-55-57-59-61-63-65-72(77)82-69-71(70-83-75(74(79)80)81-68-67-76(3,4)5)84-73(78)66-64-62-60-58-56-54-52-50-48-46-43-29-27-25-23-21-19-17-15-13-11-9-7-2/h19,21,25,27,71,75H,6-18,20,22-24,26,28-70H2,1-5H3/b21-19-,27-25-. The summed E-state index contributed by atoms with van der Waals surface area (Å²) in [4.78, 5) is 37.5. The van der Waals surface area contributed by atoms with Crippen LogP contribution in [0.25, 0.3) is 0 Å². The minimum absolute atomic E-state index is 0.150. The molecule has 0 fully saturated rings. The highest BCUT2D eigenvalue weighted by Crippen LogP contribution is 2.19. The summed E-state index contributed by atoms with van der Waals surface area (Å²) < 4.78 is 22.8. The van der Waals surface area contributed by atoms with Crippen molar-refractivity contribution in [2.75, 3.05) is 47.5 Å². The molecule has 0 N–H and O–H groups in total. The van der Waals surface area contributed by atoms with Crippen molar-refractivity contribution in [2.24, 2.45) is 0 Å². The van der Waals surface area contributed by atoms with E-state index in [1.165, 1.54) is 302 Å². The molecule has 0 aromatic heterocycles. The fourth-order valence-corrected chi connectivity index (χ4v) is 11.3. The SMILES string of the molecule is CCCCCCC/C=C\C/C=C\CCCCCCCCCCCCCC(=O)OC(COC(=O)CCCCCCCCCCCCCCCCCCCCCCCCCCCCCCCCCCCCCC)COC(OCC[N+](C)(C)C)C(=O)[O-]. The van der Waals surface area contributed by atoms with Crippen LogP contribution >= 0.6 is 0 Å². The lowest BCUT2D eigenvalue weighted by Gasteiger charge is -2.26. The molecule has 0 saturated heterocycles. The lowest BCUT2D eigenvalue weighted by Crippen LogP contribution is -2.44. The number of likely N-dealkylation sites (N-methyl/N-ethyl adjacent to an activating group) is 1. The molecule has 0 bridgehead atoms. The number of carboxylic acids is 1. The minimum Gasteiger partial charge on any atom is -0.545 e. The van der Waals surface area contributed by atoms with E-state index in [-0.39, 0.29) is 32.2 Å². The van der Waals surface area contributed by atoms with Gasteiger partial charge < -0.3 is 33.3 Å². The number of unbranched alkanes of at least 4 members (excludes halogenated alkanes) is 51. The number of hydrogen-bond acceptors (Lipinski definition) is 8. The molecule has 0 amide bonds. The number of carbonyl (C=O) groups is 3. The van der Waals surface area contributed by atoms with Gasteiger partial charge in [-0.1, -0.05) is 346 Å². The summed E-state index contributed by atoms with van der Waals surface area (Å²) >= 11 is 0. The van der Waals surface area contributed by atoms with Crippen molar-refractivity contribution in [1.29, 1.82) is 0 Å². The smallest absolute Gasteiger partial charge is 0.306 e. The van der Waals surface area contributed by atoms with Crippen LogP contribution in [0.1, 0.15) is 380 Å². The van der Waals surface area contributed by atoms with Gasteiger partial charge >= 0.3 is 11.9 Å². The fraction of sp³-hybridized carbons (Fsp3) is 0.907. The molecule has 496 valence electrons. The van der Waals surface area contributed by atoms with Crippen molar-refractivity contribution in [3.8, 4) is 0 Å². The molecule has 0 radical (unpaired) electrons. The van der Waals surface area contributed by atoms with Gasteiger partial charge in [-0.2, -0.15) is 0 Å². The number of aliphatic carboxylic acids is 1. The van der Waals surface area contributed by atoms with E-state index in [0.29, 0.717) is 23.9 Å². The zero-order valence-corrected chi connectivity index (χ0v) is 56.8. The second-order valence-corrected chi connectivity index (χ2v) is 26.6. The van der Waals surface area contributed by atoms with Crippen LogP contribution in [0, 0.1) is 0 Å². The number of rotatable bonds is 70. The van der Waals surface area contributed by atoms with Crippen LogP contribution in [0.2, 0.25) is 0 Å². The van der Waals surface area contributed by atoms with Crippen LogP contribution < -0.4 is 5.11 Å². The Balaban J connectivity index is 3.98. The van der Waals surface area contributed by atoms with E-state index in [2.05, 4.69) is 38.2 Å². The maximum Gasteiger partial charge on any atom is 0.306 e. The highest BCUT2D eigenvalue weighted by atomic mass is 16.7. The molecule has 0 aliphatic heterocycles. The fourth-order valence-electron chi connectivity index (χ4n) is 11.3. The first-order chi connectivity index (χ1) is 41.1. The number of quaternary nitrogens is 1. The Labute approximate surface area is 522 Å². The molecule has 0 aromatic carbocycles. The molecular weight excluding hydrogens is 1040 g/mol. The van der Waals surface area contributed by atoms with E-state index in [1.54, 1.807) is 0 Å². The van der Waals surface area contributed by atoms with Gasteiger partial charge in [0.15, 0.2) is 12.4 Å². The molecule has 0 saturated carbocycles. The first kappa shape index (κ1) is 81.8. The Hall–Kier alpha value is -2.23. The lowest BCUT2D eigenvalue weighted by molar-refractivity contribution is -0.870. The Kier molecular flexibility index (Phi) is 64.9. The maximum atomic E-state index is 12.9. The second-order valence-electron chi connectivity index (χ2n) is 26.6. The summed E-state index contributed by atoms with van der Waals surface area (Å²) in [6, 6.07) is 0. The van der Waals surface area contributed by atoms with Crippen molar-refractivity contribution in [3.63, 3.8) is 0 Å². The summed E-state index contributed by atoms with van der Waals surface area (Å²) in [7, 11) is 5.94. The molecule has 0 spiro atoms. The second kappa shape index (κ2) is 66.7. The third-order valence-electron chi connectivity index (χ3n) is 17.0. The third-order valence-corrected chi connectivity index (χ3v) is 17.0. The van der Waals surface area contributed by atoms with Crippen molar-refractivity contribution < 1.29 is 42.9 Å². The Morgan fingerprint density at radius 3 is 0.940 bits per heavy atom. The van der Waals surface area contributed by atoms with E-state index in [4.69, 9.17) is 18.9 Å². The monoisotopic (exact) mass is 1190 g/mol. The first-order valence-electron chi connectivity index (χ1n) is 37.0.